The SMILES string of the molecule is CCC(C(=O)NC(C)C)N(Cc1cccc(OC)c1)C(=O)CN(c1cc(Cl)ccc1OC)S(C)(=O)=O. The molecule has 0 saturated heterocycles. The lowest BCUT2D eigenvalue weighted by atomic mass is 10.1. The molecule has 1 unspecified atom stereocenters. The quantitative estimate of drug-likeness (QED) is 0.443. The molecule has 0 bridgehead atoms. The summed E-state index contributed by atoms with van der Waals surface area (Å²) in [7, 11) is -0.991. The van der Waals surface area contributed by atoms with Crippen LogP contribution in [-0.2, 0) is 26.2 Å². The van der Waals surface area contributed by atoms with Crippen molar-refractivity contribution in [3.63, 3.8) is 0 Å². The first-order chi connectivity index (χ1) is 16.9. The van der Waals surface area contributed by atoms with Gasteiger partial charge in [0.1, 0.15) is 24.1 Å². The number of hydrogen-bond acceptors (Lipinski definition) is 6. The number of nitrogens with zero attached hydrogens (tertiary/aromatic N) is 2. The molecule has 2 aromatic carbocycles. The second-order valence-electron chi connectivity index (χ2n) is 8.55. The molecule has 0 aliphatic heterocycles. The number of methoxy groups -OCH3 is 2. The van der Waals surface area contributed by atoms with Gasteiger partial charge in [0.05, 0.1) is 26.2 Å². The molecule has 198 valence electrons. The van der Waals surface area contributed by atoms with E-state index in [2.05, 4.69) is 5.32 Å². The highest BCUT2D eigenvalue weighted by atomic mass is 35.5. The molecule has 0 saturated carbocycles. The third-order valence-corrected chi connectivity index (χ3v) is 6.75. The van der Waals surface area contributed by atoms with Crippen LogP contribution in [0.2, 0.25) is 5.02 Å². The Morgan fingerprint density at radius 2 is 1.78 bits per heavy atom. The number of sulfonamides is 1. The summed E-state index contributed by atoms with van der Waals surface area (Å²) < 4.78 is 37.1. The maximum absolute atomic E-state index is 13.7. The highest BCUT2D eigenvalue weighted by molar-refractivity contribution is 7.92. The second kappa shape index (κ2) is 12.8. The van der Waals surface area contributed by atoms with Crippen molar-refractivity contribution in [3.8, 4) is 11.5 Å². The van der Waals surface area contributed by atoms with Crippen LogP contribution in [0.5, 0.6) is 11.5 Å². The van der Waals surface area contributed by atoms with Crippen molar-refractivity contribution < 1.29 is 27.5 Å². The topological polar surface area (TPSA) is 105 Å². The van der Waals surface area contributed by atoms with Gasteiger partial charge in [-0.05, 0) is 56.2 Å². The lowest BCUT2D eigenvalue weighted by molar-refractivity contribution is -0.140. The summed E-state index contributed by atoms with van der Waals surface area (Å²) in [4.78, 5) is 28.2. The molecule has 0 heterocycles. The number of carbonyl (C=O) groups excluding carboxylic acids is 2. The van der Waals surface area contributed by atoms with Crippen LogP contribution >= 0.6 is 11.6 Å². The maximum atomic E-state index is 13.7. The van der Waals surface area contributed by atoms with Gasteiger partial charge in [-0.2, -0.15) is 0 Å². The van der Waals surface area contributed by atoms with Crippen molar-refractivity contribution in [1.29, 1.82) is 0 Å². The van der Waals surface area contributed by atoms with E-state index in [-0.39, 0.29) is 35.0 Å². The van der Waals surface area contributed by atoms with Crippen molar-refractivity contribution in [2.24, 2.45) is 0 Å². The standard InChI is InChI=1S/C25H34ClN3O6S/c1-7-21(25(31)27-17(2)3)28(15-18-9-8-10-20(13-18)34-4)24(30)16-29(36(6,32)33)22-14-19(26)11-12-23(22)35-5/h8-14,17,21H,7,15-16H2,1-6H3,(H,27,31). The average molecular weight is 540 g/mol. The van der Waals surface area contributed by atoms with Gasteiger partial charge in [-0.25, -0.2) is 8.42 Å². The molecular formula is C25H34ClN3O6S. The lowest BCUT2D eigenvalue weighted by Crippen LogP contribution is -2.53. The first-order valence-corrected chi connectivity index (χ1v) is 13.7. The van der Waals surface area contributed by atoms with Crippen molar-refractivity contribution in [2.45, 2.75) is 45.8 Å². The summed E-state index contributed by atoms with van der Waals surface area (Å²) in [6.07, 6.45) is 1.32. The first-order valence-electron chi connectivity index (χ1n) is 11.4. The largest absolute Gasteiger partial charge is 0.497 e. The van der Waals surface area contributed by atoms with Crippen molar-refractivity contribution in [2.75, 3.05) is 31.3 Å². The molecule has 0 spiro atoms. The van der Waals surface area contributed by atoms with Gasteiger partial charge in [-0.3, -0.25) is 13.9 Å². The Labute approximate surface area is 218 Å². The molecule has 1 atom stereocenters. The highest BCUT2D eigenvalue weighted by Crippen LogP contribution is 2.33. The second-order valence-corrected chi connectivity index (χ2v) is 10.9. The van der Waals surface area contributed by atoms with Crippen molar-refractivity contribution in [1.82, 2.24) is 10.2 Å². The fraction of sp³-hybridized carbons (Fsp3) is 0.440. The summed E-state index contributed by atoms with van der Waals surface area (Å²) in [6, 6.07) is 10.7. The van der Waals surface area contributed by atoms with Crippen LogP contribution in [0.4, 0.5) is 5.69 Å². The Kier molecular flexibility index (Phi) is 10.4. The third-order valence-electron chi connectivity index (χ3n) is 5.39. The fourth-order valence-electron chi connectivity index (χ4n) is 3.72. The van der Waals surface area contributed by atoms with Gasteiger partial charge in [-0.15, -0.1) is 0 Å². The van der Waals surface area contributed by atoms with Crippen LogP contribution in [0.25, 0.3) is 0 Å². The van der Waals surface area contributed by atoms with Gasteiger partial charge < -0.3 is 19.7 Å². The van der Waals surface area contributed by atoms with Gasteiger partial charge >= 0.3 is 0 Å². The normalized spacial score (nSPS) is 12.1. The van der Waals surface area contributed by atoms with Crippen LogP contribution in [0, 0.1) is 0 Å². The minimum atomic E-state index is -3.92. The molecule has 0 radical (unpaired) electrons. The van der Waals surface area contributed by atoms with Gasteiger partial charge in [0.25, 0.3) is 0 Å². The summed E-state index contributed by atoms with van der Waals surface area (Å²) >= 11 is 6.13. The van der Waals surface area contributed by atoms with Crippen LogP contribution in [0.3, 0.4) is 0 Å². The molecule has 2 aromatic rings. The van der Waals surface area contributed by atoms with Crippen LogP contribution in [0.1, 0.15) is 32.8 Å². The molecule has 2 amide bonds. The zero-order valence-electron chi connectivity index (χ0n) is 21.4. The van der Waals surface area contributed by atoms with Gasteiger partial charge in [0, 0.05) is 17.6 Å². The first kappa shape index (κ1) is 29.3. The van der Waals surface area contributed by atoms with E-state index in [1.54, 1.807) is 31.2 Å². The minimum Gasteiger partial charge on any atom is -0.497 e. The molecule has 11 heteroatoms. The number of amides is 2. The number of benzene rings is 2. The van der Waals surface area contributed by atoms with E-state index in [0.717, 1.165) is 16.1 Å². The van der Waals surface area contributed by atoms with E-state index in [1.807, 2.05) is 19.9 Å². The van der Waals surface area contributed by atoms with Crippen LogP contribution < -0.4 is 19.1 Å². The number of ether oxygens (including phenoxy) is 2. The van der Waals surface area contributed by atoms with Crippen LogP contribution in [-0.4, -0.2) is 64.2 Å². The number of rotatable bonds is 12. The van der Waals surface area contributed by atoms with Gasteiger partial charge in [0.15, 0.2) is 0 Å². The number of anilines is 1. The van der Waals surface area contributed by atoms with E-state index in [9.17, 15) is 18.0 Å². The van der Waals surface area contributed by atoms with E-state index in [4.69, 9.17) is 21.1 Å². The zero-order valence-corrected chi connectivity index (χ0v) is 23.0. The molecule has 1 N–H and O–H groups in total. The zero-order chi connectivity index (χ0) is 27.0. The summed E-state index contributed by atoms with van der Waals surface area (Å²) in [6.45, 7) is 4.98. The summed E-state index contributed by atoms with van der Waals surface area (Å²) in [5.41, 5.74) is 0.853. The van der Waals surface area contributed by atoms with Crippen molar-refractivity contribution in [3.05, 3.63) is 53.1 Å². The Morgan fingerprint density at radius 3 is 2.33 bits per heavy atom. The molecule has 0 aromatic heterocycles. The highest BCUT2D eigenvalue weighted by Gasteiger charge is 2.33. The van der Waals surface area contributed by atoms with Crippen LogP contribution in [0.15, 0.2) is 42.5 Å². The van der Waals surface area contributed by atoms with Crippen molar-refractivity contribution >= 4 is 39.1 Å². The van der Waals surface area contributed by atoms with Gasteiger partial charge in [0.2, 0.25) is 21.8 Å². The number of carbonyl (C=O) groups is 2. The molecule has 9 nitrogen and oxygen atoms in total. The molecule has 0 aliphatic rings. The van der Waals surface area contributed by atoms with E-state index in [0.29, 0.717) is 12.2 Å². The summed E-state index contributed by atoms with van der Waals surface area (Å²) in [5.74, 6) is -0.0476. The number of hydrogen-bond donors (Lipinski definition) is 1. The molecule has 2 rings (SSSR count). The average Bonchev–Trinajstić information content (AvgIpc) is 2.81. The molecular weight excluding hydrogens is 506 g/mol. The predicted octanol–water partition coefficient (Wildman–Crippen LogP) is 3.46. The minimum absolute atomic E-state index is 0.0737. The molecule has 36 heavy (non-hydrogen) atoms. The van der Waals surface area contributed by atoms with E-state index < -0.39 is 28.5 Å². The molecule has 0 aliphatic carbocycles. The van der Waals surface area contributed by atoms with E-state index in [1.165, 1.54) is 31.3 Å². The Hall–Kier alpha value is -2.98. The lowest BCUT2D eigenvalue weighted by Gasteiger charge is -2.33. The monoisotopic (exact) mass is 539 g/mol. The number of halogens is 1. The predicted molar refractivity (Wildman–Crippen MR) is 141 cm³/mol. The molecule has 0 fully saturated rings. The Bertz CT molecular complexity index is 1170. The Balaban J connectivity index is 2.53. The Morgan fingerprint density at radius 1 is 1.08 bits per heavy atom. The smallest absolute Gasteiger partial charge is 0.244 e. The maximum Gasteiger partial charge on any atom is 0.244 e. The number of nitrogens with one attached hydrogen (secondary N) is 1. The van der Waals surface area contributed by atoms with E-state index >= 15 is 0 Å². The fourth-order valence-corrected chi connectivity index (χ4v) is 4.73. The summed E-state index contributed by atoms with van der Waals surface area (Å²) in [5, 5.41) is 3.13. The van der Waals surface area contributed by atoms with Gasteiger partial charge in [-0.1, -0.05) is 30.7 Å². The third kappa shape index (κ3) is 7.76.